The number of aliphatic hydroxyl groups is 1. The number of nitrogens with zero attached hydrogens (tertiary/aromatic N) is 1. The predicted octanol–water partition coefficient (Wildman–Crippen LogP) is 1.53. The van der Waals surface area contributed by atoms with Crippen molar-refractivity contribution in [1.82, 2.24) is 4.98 Å². The number of aromatic nitrogens is 1. The molecule has 1 aromatic heterocycles. The van der Waals surface area contributed by atoms with Gasteiger partial charge in [-0.15, -0.1) is 0 Å². The van der Waals surface area contributed by atoms with Crippen molar-refractivity contribution in [2.45, 2.75) is 13.5 Å². The Morgan fingerprint density at radius 3 is 3.15 bits per heavy atom. The predicted molar refractivity (Wildman–Crippen MR) is 50.5 cm³/mol. The zero-order chi connectivity index (χ0) is 9.52. The fraction of sp³-hybridized carbons (Fsp3) is 0.300. The molecule has 0 aliphatic rings. The normalized spacial score (nSPS) is 10.6. The topological polar surface area (TPSA) is 42.4 Å². The molecule has 70 valence electrons. The Labute approximate surface area is 77.7 Å². The maximum atomic E-state index is 8.84. The van der Waals surface area contributed by atoms with E-state index >= 15 is 0 Å². The van der Waals surface area contributed by atoms with Crippen molar-refractivity contribution in [3.63, 3.8) is 0 Å². The number of pyridine rings is 1. The summed E-state index contributed by atoms with van der Waals surface area (Å²) in [7, 11) is 0. The smallest absolute Gasteiger partial charge is 0.213 e. The lowest BCUT2D eigenvalue weighted by molar-refractivity contribution is 0.279. The van der Waals surface area contributed by atoms with Gasteiger partial charge in [-0.25, -0.2) is 4.98 Å². The fourth-order valence-electron chi connectivity index (χ4n) is 0.857. The molecule has 1 aromatic rings. The van der Waals surface area contributed by atoms with E-state index in [-0.39, 0.29) is 6.61 Å². The number of allylic oxidation sites excluding steroid dienone is 1. The third-order valence-corrected chi connectivity index (χ3v) is 1.54. The Morgan fingerprint density at radius 2 is 2.46 bits per heavy atom. The van der Waals surface area contributed by atoms with Gasteiger partial charge in [0.05, 0.1) is 6.61 Å². The van der Waals surface area contributed by atoms with Crippen LogP contribution in [0.5, 0.6) is 5.88 Å². The van der Waals surface area contributed by atoms with Gasteiger partial charge in [-0.2, -0.15) is 0 Å². The molecular formula is C10H13NO2. The lowest BCUT2D eigenvalue weighted by atomic mass is 10.3. The Hall–Kier alpha value is -1.35. The fourth-order valence-corrected chi connectivity index (χ4v) is 0.857. The molecule has 0 saturated carbocycles. The van der Waals surface area contributed by atoms with E-state index in [9.17, 15) is 0 Å². The van der Waals surface area contributed by atoms with E-state index < -0.39 is 0 Å². The van der Waals surface area contributed by atoms with Gasteiger partial charge in [-0.1, -0.05) is 12.2 Å². The van der Waals surface area contributed by atoms with Gasteiger partial charge >= 0.3 is 0 Å². The van der Waals surface area contributed by atoms with Gasteiger partial charge in [0, 0.05) is 12.3 Å². The highest BCUT2D eigenvalue weighted by atomic mass is 16.5. The molecule has 0 aromatic carbocycles. The molecule has 0 atom stereocenters. The first-order chi connectivity index (χ1) is 6.36. The van der Waals surface area contributed by atoms with Gasteiger partial charge in [0.15, 0.2) is 0 Å². The Morgan fingerprint density at radius 1 is 1.62 bits per heavy atom. The number of hydrogen-bond donors (Lipinski definition) is 1. The number of aliphatic hydroxyl groups excluding tert-OH is 1. The molecule has 0 bridgehead atoms. The van der Waals surface area contributed by atoms with Crippen LogP contribution < -0.4 is 4.74 Å². The minimum atomic E-state index is 0.0164. The maximum absolute atomic E-state index is 8.84. The van der Waals surface area contributed by atoms with Crippen LogP contribution >= 0.6 is 0 Å². The van der Waals surface area contributed by atoms with Crippen LogP contribution in [0.4, 0.5) is 0 Å². The van der Waals surface area contributed by atoms with Gasteiger partial charge in [-0.3, -0.25) is 0 Å². The lowest BCUT2D eigenvalue weighted by Crippen LogP contribution is -1.96. The third kappa shape index (κ3) is 3.25. The highest BCUT2D eigenvalue weighted by molar-refractivity contribution is 5.19. The molecular weight excluding hydrogens is 166 g/mol. The van der Waals surface area contributed by atoms with Crippen LogP contribution in [0.1, 0.15) is 12.5 Å². The van der Waals surface area contributed by atoms with E-state index in [4.69, 9.17) is 9.84 Å². The van der Waals surface area contributed by atoms with Crippen molar-refractivity contribution in [2.75, 3.05) is 6.61 Å². The molecule has 0 aliphatic heterocycles. The van der Waals surface area contributed by atoms with Crippen LogP contribution in [-0.2, 0) is 6.61 Å². The van der Waals surface area contributed by atoms with Crippen molar-refractivity contribution in [2.24, 2.45) is 0 Å². The summed E-state index contributed by atoms with van der Waals surface area (Å²) in [6, 6.07) is 3.48. The molecule has 0 unspecified atom stereocenters. The Kier molecular flexibility index (Phi) is 3.99. The molecule has 3 nitrogen and oxygen atoms in total. The summed E-state index contributed by atoms with van der Waals surface area (Å²) in [4.78, 5) is 3.99. The zero-order valence-corrected chi connectivity index (χ0v) is 7.60. The quantitative estimate of drug-likeness (QED) is 0.713. The van der Waals surface area contributed by atoms with Crippen molar-refractivity contribution >= 4 is 0 Å². The van der Waals surface area contributed by atoms with Crippen LogP contribution in [0.25, 0.3) is 0 Å². The molecule has 0 amide bonds. The van der Waals surface area contributed by atoms with Crippen molar-refractivity contribution in [1.29, 1.82) is 0 Å². The Balaban J connectivity index is 2.56. The van der Waals surface area contributed by atoms with Crippen molar-refractivity contribution in [3.05, 3.63) is 36.0 Å². The second-order valence-corrected chi connectivity index (χ2v) is 2.54. The highest BCUT2D eigenvalue weighted by Crippen LogP contribution is 2.08. The van der Waals surface area contributed by atoms with Crippen LogP contribution in [0, 0.1) is 0 Å². The summed E-state index contributed by atoms with van der Waals surface area (Å²) in [5.74, 6) is 0.546. The van der Waals surface area contributed by atoms with E-state index in [1.807, 2.05) is 19.1 Å². The summed E-state index contributed by atoms with van der Waals surface area (Å²) in [6.07, 6.45) is 5.43. The van der Waals surface area contributed by atoms with Gasteiger partial charge in [0.1, 0.15) is 6.61 Å². The molecule has 0 saturated heterocycles. The summed E-state index contributed by atoms with van der Waals surface area (Å²) in [5.41, 5.74) is 0.811. The van der Waals surface area contributed by atoms with Gasteiger partial charge in [0.25, 0.3) is 0 Å². The zero-order valence-electron chi connectivity index (χ0n) is 7.60. The van der Waals surface area contributed by atoms with Crippen LogP contribution in [0.2, 0.25) is 0 Å². The molecule has 0 radical (unpaired) electrons. The van der Waals surface area contributed by atoms with Gasteiger partial charge in [-0.05, 0) is 18.6 Å². The molecule has 3 heteroatoms. The SMILES string of the molecule is CC=CCOc1cc(CO)ccn1. The van der Waals surface area contributed by atoms with E-state index in [2.05, 4.69) is 4.98 Å². The largest absolute Gasteiger partial charge is 0.473 e. The summed E-state index contributed by atoms with van der Waals surface area (Å²) in [5, 5.41) is 8.84. The van der Waals surface area contributed by atoms with Crippen LogP contribution in [0.3, 0.4) is 0 Å². The minimum absolute atomic E-state index is 0.0164. The minimum Gasteiger partial charge on any atom is -0.473 e. The molecule has 0 spiro atoms. The summed E-state index contributed by atoms with van der Waals surface area (Å²) >= 11 is 0. The third-order valence-electron chi connectivity index (χ3n) is 1.54. The lowest BCUT2D eigenvalue weighted by Gasteiger charge is -2.02. The van der Waals surface area contributed by atoms with Gasteiger partial charge in [0.2, 0.25) is 5.88 Å². The number of ether oxygens (including phenoxy) is 1. The first-order valence-corrected chi connectivity index (χ1v) is 4.16. The Bertz CT molecular complexity index is 284. The molecule has 1 N–H and O–H groups in total. The van der Waals surface area contributed by atoms with Crippen LogP contribution in [-0.4, -0.2) is 16.7 Å². The van der Waals surface area contributed by atoms with Crippen molar-refractivity contribution in [3.8, 4) is 5.88 Å². The molecule has 0 fully saturated rings. The average Bonchev–Trinajstić information content (AvgIpc) is 2.19. The standard InChI is InChI=1S/C10H13NO2/c1-2-3-6-13-10-7-9(8-12)4-5-11-10/h2-5,7,12H,6,8H2,1H3. The summed E-state index contributed by atoms with van der Waals surface area (Å²) < 4.78 is 5.28. The molecule has 1 heterocycles. The second-order valence-electron chi connectivity index (χ2n) is 2.54. The maximum Gasteiger partial charge on any atom is 0.213 e. The molecule has 1 rings (SSSR count). The van der Waals surface area contributed by atoms with E-state index in [1.165, 1.54) is 0 Å². The van der Waals surface area contributed by atoms with E-state index in [1.54, 1.807) is 18.3 Å². The average molecular weight is 179 g/mol. The number of hydrogen-bond acceptors (Lipinski definition) is 3. The molecule has 0 aliphatic carbocycles. The van der Waals surface area contributed by atoms with E-state index in [0.29, 0.717) is 12.5 Å². The van der Waals surface area contributed by atoms with Gasteiger partial charge < -0.3 is 9.84 Å². The first kappa shape index (κ1) is 9.74. The number of rotatable bonds is 4. The summed E-state index contributed by atoms with van der Waals surface area (Å²) in [6.45, 7) is 2.46. The first-order valence-electron chi connectivity index (χ1n) is 4.16. The van der Waals surface area contributed by atoms with E-state index in [0.717, 1.165) is 5.56 Å². The van der Waals surface area contributed by atoms with Crippen molar-refractivity contribution < 1.29 is 9.84 Å². The monoisotopic (exact) mass is 179 g/mol. The second kappa shape index (κ2) is 5.32. The molecule has 13 heavy (non-hydrogen) atoms. The highest BCUT2D eigenvalue weighted by Gasteiger charge is 1.95. The van der Waals surface area contributed by atoms with Crippen LogP contribution in [0.15, 0.2) is 30.5 Å².